The van der Waals surface area contributed by atoms with E-state index in [0.717, 1.165) is 24.1 Å². The summed E-state index contributed by atoms with van der Waals surface area (Å²) < 4.78 is 13.6. The summed E-state index contributed by atoms with van der Waals surface area (Å²) in [5, 5.41) is 6.67. The molecule has 3 rings (SSSR count). The molecule has 1 saturated carbocycles. The van der Waals surface area contributed by atoms with Gasteiger partial charge in [0.25, 0.3) is 0 Å². The molecule has 0 aromatic heterocycles. The average Bonchev–Trinajstić information content (AvgIpc) is 3.30. The molecule has 1 aliphatic heterocycles. The molecule has 0 spiro atoms. The Morgan fingerprint density at radius 3 is 2.75 bits per heavy atom. The van der Waals surface area contributed by atoms with Gasteiger partial charge in [0, 0.05) is 32.7 Å². The first kappa shape index (κ1) is 19.4. The third kappa shape index (κ3) is 5.31. The van der Waals surface area contributed by atoms with Crippen molar-refractivity contribution in [3.8, 4) is 0 Å². The van der Waals surface area contributed by atoms with E-state index in [-0.39, 0.29) is 29.8 Å². The van der Waals surface area contributed by atoms with Crippen LogP contribution in [-0.4, -0.2) is 43.6 Å². The van der Waals surface area contributed by atoms with Crippen LogP contribution < -0.4 is 10.6 Å². The predicted molar refractivity (Wildman–Crippen MR) is 107 cm³/mol. The molecule has 1 heterocycles. The smallest absolute Gasteiger partial charge is 0.191 e. The van der Waals surface area contributed by atoms with Crippen LogP contribution in [0.3, 0.4) is 0 Å². The van der Waals surface area contributed by atoms with Crippen molar-refractivity contribution < 1.29 is 4.39 Å². The molecule has 134 valence electrons. The molecule has 0 amide bonds. The molecule has 1 saturated heterocycles. The number of likely N-dealkylation sites (tertiary alicyclic amines) is 1. The lowest BCUT2D eigenvalue weighted by Gasteiger charge is -2.17. The molecule has 1 aliphatic carbocycles. The van der Waals surface area contributed by atoms with Gasteiger partial charge in [-0.2, -0.15) is 0 Å². The molecule has 1 atom stereocenters. The fourth-order valence-electron chi connectivity index (χ4n) is 3.19. The molecule has 2 N–H and O–H groups in total. The zero-order chi connectivity index (χ0) is 16.2. The van der Waals surface area contributed by atoms with Crippen LogP contribution in [0.5, 0.6) is 0 Å². The van der Waals surface area contributed by atoms with Crippen LogP contribution in [0.4, 0.5) is 4.39 Å². The Kier molecular flexibility index (Phi) is 7.28. The van der Waals surface area contributed by atoms with E-state index >= 15 is 0 Å². The summed E-state index contributed by atoms with van der Waals surface area (Å²) in [6.07, 6.45) is 4.04. The van der Waals surface area contributed by atoms with Gasteiger partial charge < -0.3 is 15.5 Å². The molecular weight excluding hydrogens is 418 g/mol. The summed E-state index contributed by atoms with van der Waals surface area (Å²) in [5.41, 5.74) is 1.61. The molecule has 6 heteroatoms. The SMILES string of the molecule is CN=C(NCc1ccc(C)c(F)c1)NCC1CCN(C2CC2)C1.I. The van der Waals surface area contributed by atoms with Crippen LogP contribution in [0.2, 0.25) is 0 Å². The van der Waals surface area contributed by atoms with Crippen molar-refractivity contribution in [2.45, 2.75) is 38.8 Å². The number of hydrogen-bond donors (Lipinski definition) is 2. The van der Waals surface area contributed by atoms with E-state index < -0.39 is 0 Å². The van der Waals surface area contributed by atoms with Gasteiger partial charge >= 0.3 is 0 Å². The molecule has 0 radical (unpaired) electrons. The van der Waals surface area contributed by atoms with Crippen LogP contribution in [0, 0.1) is 18.7 Å². The second kappa shape index (κ2) is 8.99. The molecule has 0 bridgehead atoms. The summed E-state index contributed by atoms with van der Waals surface area (Å²) in [6.45, 7) is 5.75. The first-order chi connectivity index (χ1) is 11.2. The monoisotopic (exact) mass is 446 g/mol. The third-order valence-corrected chi connectivity index (χ3v) is 4.86. The number of benzene rings is 1. The summed E-state index contributed by atoms with van der Waals surface area (Å²) in [4.78, 5) is 6.88. The summed E-state index contributed by atoms with van der Waals surface area (Å²) in [7, 11) is 1.77. The number of guanidine groups is 1. The maximum absolute atomic E-state index is 13.6. The van der Waals surface area contributed by atoms with E-state index in [1.54, 1.807) is 20.0 Å². The lowest BCUT2D eigenvalue weighted by Crippen LogP contribution is -2.40. The first-order valence-electron chi connectivity index (χ1n) is 8.59. The average molecular weight is 446 g/mol. The minimum atomic E-state index is -0.154. The Hall–Kier alpha value is -0.890. The summed E-state index contributed by atoms with van der Waals surface area (Å²) in [6, 6.07) is 6.21. The van der Waals surface area contributed by atoms with E-state index in [4.69, 9.17) is 0 Å². The Balaban J connectivity index is 0.00000208. The Labute approximate surface area is 161 Å². The second-order valence-corrected chi connectivity index (χ2v) is 6.77. The van der Waals surface area contributed by atoms with Crippen LogP contribution in [-0.2, 0) is 6.54 Å². The van der Waals surface area contributed by atoms with Crippen LogP contribution in [0.25, 0.3) is 0 Å². The van der Waals surface area contributed by atoms with Crippen molar-refractivity contribution in [1.29, 1.82) is 0 Å². The maximum atomic E-state index is 13.6. The predicted octanol–water partition coefficient (Wildman–Crippen LogP) is 2.90. The largest absolute Gasteiger partial charge is 0.356 e. The first-order valence-corrected chi connectivity index (χ1v) is 8.59. The number of nitrogens with zero attached hydrogens (tertiary/aromatic N) is 2. The highest BCUT2D eigenvalue weighted by Crippen LogP contribution is 2.31. The highest BCUT2D eigenvalue weighted by atomic mass is 127. The normalized spacial score (nSPS) is 21.5. The van der Waals surface area contributed by atoms with Gasteiger partial charge in [0.05, 0.1) is 0 Å². The van der Waals surface area contributed by atoms with Gasteiger partial charge in [0.1, 0.15) is 5.82 Å². The van der Waals surface area contributed by atoms with E-state index in [9.17, 15) is 4.39 Å². The quantitative estimate of drug-likeness (QED) is 0.415. The maximum Gasteiger partial charge on any atom is 0.191 e. The van der Waals surface area contributed by atoms with Crippen molar-refractivity contribution in [1.82, 2.24) is 15.5 Å². The van der Waals surface area contributed by atoms with Gasteiger partial charge in [-0.15, -0.1) is 24.0 Å². The number of aryl methyl sites for hydroxylation is 1. The van der Waals surface area contributed by atoms with Crippen LogP contribution in [0.1, 0.15) is 30.4 Å². The van der Waals surface area contributed by atoms with Crippen molar-refractivity contribution >= 4 is 29.9 Å². The highest BCUT2D eigenvalue weighted by Gasteiger charge is 2.34. The third-order valence-electron chi connectivity index (χ3n) is 4.86. The van der Waals surface area contributed by atoms with Crippen LogP contribution >= 0.6 is 24.0 Å². The van der Waals surface area contributed by atoms with E-state index in [1.807, 2.05) is 12.1 Å². The van der Waals surface area contributed by atoms with E-state index in [2.05, 4.69) is 20.5 Å². The summed E-state index contributed by atoms with van der Waals surface area (Å²) >= 11 is 0. The van der Waals surface area contributed by atoms with Crippen molar-refractivity contribution in [3.05, 3.63) is 35.1 Å². The second-order valence-electron chi connectivity index (χ2n) is 6.77. The zero-order valence-corrected chi connectivity index (χ0v) is 16.8. The Morgan fingerprint density at radius 2 is 2.08 bits per heavy atom. The van der Waals surface area contributed by atoms with E-state index in [0.29, 0.717) is 18.0 Å². The van der Waals surface area contributed by atoms with Crippen molar-refractivity contribution in [2.75, 3.05) is 26.7 Å². The van der Waals surface area contributed by atoms with Crippen molar-refractivity contribution in [2.24, 2.45) is 10.9 Å². The van der Waals surface area contributed by atoms with Gasteiger partial charge in [0.2, 0.25) is 0 Å². The molecule has 1 aromatic carbocycles. The minimum Gasteiger partial charge on any atom is -0.356 e. The van der Waals surface area contributed by atoms with Gasteiger partial charge in [-0.05, 0) is 55.8 Å². The molecule has 24 heavy (non-hydrogen) atoms. The molecule has 2 fully saturated rings. The molecule has 1 unspecified atom stereocenters. The highest BCUT2D eigenvalue weighted by molar-refractivity contribution is 14.0. The topological polar surface area (TPSA) is 39.7 Å². The molecule has 4 nitrogen and oxygen atoms in total. The molecular formula is C18H28FIN4. The molecule has 1 aromatic rings. The van der Waals surface area contributed by atoms with Gasteiger partial charge in [-0.1, -0.05) is 12.1 Å². The fraction of sp³-hybridized carbons (Fsp3) is 0.611. The van der Waals surface area contributed by atoms with Crippen molar-refractivity contribution in [3.63, 3.8) is 0 Å². The van der Waals surface area contributed by atoms with Crippen LogP contribution in [0.15, 0.2) is 23.2 Å². The lowest BCUT2D eigenvalue weighted by atomic mass is 10.1. The lowest BCUT2D eigenvalue weighted by molar-refractivity contribution is 0.314. The molecule has 2 aliphatic rings. The zero-order valence-electron chi connectivity index (χ0n) is 14.5. The standard InChI is InChI=1S/C18H27FN4.HI/c1-13-3-4-14(9-17(13)19)10-21-18(20-2)22-11-15-7-8-23(12-15)16-5-6-16;/h3-4,9,15-16H,5-8,10-12H2,1-2H3,(H2,20,21,22);1H. The number of hydrogen-bond acceptors (Lipinski definition) is 2. The van der Waals surface area contributed by atoms with Gasteiger partial charge in [0.15, 0.2) is 5.96 Å². The number of aliphatic imine (C=N–C) groups is 1. The Bertz CT molecular complexity index is 574. The number of halogens is 2. The van der Waals surface area contributed by atoms with Gasteiger partial charge in [-0.25, -0.2) is 4.39 Å². The number of rotatable bonds is 5. The Morgan fingerprint density at radius 1 is 1.29 bits per heavy atom. The fourth-order valence-corrected chi connectivity index (χ4v) is 3.19. The van der Waals surface area contributed by atoms with Gasteiger partial charge in [-0.3, -0.25) is 4.99 Å². The summed E-state index contributed by atoms with van der Waals surface area (Å²) in [5.74, 6) is 1.33. The number of nitrogens with one attached hydrogen (secondary N) is 2. The van der Waals surface area contributed by atoms with E-state index in [1.165, 1.54) is 32.4 Å². The minimum absolute atomic E-state index is 0.